The topological polar surface area (TPSA) is 38.5 Å². The van der Waals surface area contributed by atoms with E-state index in [0.29, 0.717) is 6.10 Å². The number of anilines is 1. The van der Waals surface area contributed by atoms with Crippen LogP contribution in [0.1, 0.15) is 30.9 Å². The molecule has 1 aromatic carbocycles. The van der Waals surface area contributed by atoms with E-state index in [0.717, 1.165) is 50.3 Å². The van der Waals surface area contributed by atoms with Crippen molar-refractivity contribution in [1.82, 2.24) is 4.90 Å². The summed E-state index contributed by atoms with van der Waals surface area (Å²) in [6, 6.07) is 6.39. The van der Waals surface area contributed by atoms with E-state index >= 15 is 0 Å². The summed E-state index contributed by atoms with van der Waals surface area (Å²) in [4.78, 5) is 2.49. The SMILES string of the molecule is CCOC1CCN(Cc2ccc(C)c(N)c2)CC1. The maximum absolute atomic E-state index is 5.95. The number of piperidine rings is 1. The number of nitrogens with two attached hydrogens (primary N) is 1. The Bertz CT molecular complexity index is 384. The van der Waals surface area contributed by atoms with Crippen molar-refractivity contribution < 1.29 is 4.74 Å². The zero-order valence-corrected chi connectivity index (χ0v) is 11.5. The standard InChI is InChI=1S/C15H24N2O/c1-3-18-14-6-8-17(9-7-14)11-13-5-4-12(2)15(16)10-13/h4-5,10,14H,3,6-9,11,16H2,1-2H3. The van der Waals surface area contributed by atoms with Gasteiger partial charge in [-0.2, -0.15) is 0 Å². The number of nitrogens with zero attached hydrogens (tertiary/aromatic N) is 1. The van der Waals surface area contributed by atoms with Crippen LogP contribution in [0.25, 0.3) is 0 Å². The highest BCUT2D eigenvalue weighted by atomic mass is 16.5. The lowest BCUT2D eigenvalue weighted by Gasteiger charge is -2.31. The maximum atomic E-state index is 5.95. The van der Waals surface area contributed by atoms with Gasteiger partial charge in [-0.25, -0.2) is 0 Å². The molecular formula is C15H24N2O. The number of likely N-dealkylation sites (tertiary alicyclic amines) is 1. The first-order valence-corrected chi connectivity index (χ1v) is 6.88. The normalized spacial score (nSPS) is 18.1. The maximum Gasteiger partial charge on any atom is 0.0599 e. The predicted molar refractivity (Wildman–Crippen MR) is 75.5 cm³/mol. The molecule has 1 aromatic rings. The van der Waals surface area contributed by atoms with Crippen molar-refractivity contribution in [1.29, 1.82) is 0 Å². The second kappa shape index (κ2) is 6.21. The Labute approximate surface area is 110 Å². The molecule has 1 aliphatic heterocycles. The van der Waals surface area contributed by atoms with E-state index in [4.69, 9.17) is 10.5 Å². The summed E-state index contributed by atoms with van der Waals surface area (Å²) in [6.07, 6.45) is 2.76. The highest BCUT2D eigenvalue weighted by molar-refractivity contribution is 5.48. The van der Waals surface area contributed by atoms with Gasteiger partial charge in [0.05, 0.1) is 6.10 Å². The molecule has 2 rings (SSSR count). The van der Waals surface area contributed by atoms with Crippen LogP contribution in [0.15, 0.2) is 18.2 Å². The van der Waals surface area contributed by atoms with Crippen molar-refractivity contribution in [3.63, 3.8) is 0 Å². The molecule has 3 heteroatoms. The van der Waals surface area contributed by atoms with Crippen LogP contribution >= 0.6 is 0 Å². The van der Waals surface area contributed by atoms with Crippen molar-refractivity contribution >= 4 is 5.69 Å². The third-order valence-electron chi connectivity index (χ3n) is 3.69. The van der Waals surface area contributed by atoms with Gasteiger partial charge in [0.1, 0.15) is 0 Å². The Balaban J connectivity index is 1.85. The molecule has 1 aliphatic rings. The Morgan fingerprint density at radius 1 is 1.33 bits per heavy atom. The number of nitrogen functional groups attached to an aromatic ring is 1. The molecule has 0 unspecified atom stereocenters. The highest BCUT2D eigenvalue weighted by Gasteiger charge is 2.19. The zero-order valence-electron chi connectivity index (χ0n) is 11.5. The highest BCUT2D eigenvalue weighted by Crippen LogP contribution is 2.18. The molecule has 0 spiro atoms. The van der Waals surface area contributed by atoms with Crippen molar-refractivity contribution in [2.45, 2.75) is 39.3 Å². The van der Waals surface area contributed by atoms with Crippen LogP contribution in [0.4, 0.5) is 5.69 Å². The average Bonchev–Trinajstić information content (AvgIpc) is 2.37. The summed E-state index contributed by atoms with van der Waals surface area (Å²) in [5.74, 6) is 0. The van der Waals surface area contributed by atoms with Crippen molar-refractivity contribution in [2.24, 2.45) is 0 Å². The minimum atomic E-state index is 0.467. The molecule has 0 atom stereocenters. The summed E-state index contributed by atoms with van der Waals surface area (Å²) in [7, 11) is 0. The molecule has 1 heterocycles. The summed E-state index contributed by atoms with van der Waals surface area (Å²) in [5.41, 5.74) is 9.32. The Kier molecular flexibility index (Phi) is 4.61. The lowest BCUT2D eigenvalue weighted by molar-refractivity contribution is 0.0125. The first kappa shape index (κ1) is 13.4. The van der Waals surface area contributed by atoms with Crippen LogP contribution in [0.3, 0.4) is 0 Å². The number of hydrogen-bond donors (Lipinski definition) is 1. The molecule has 100 valence electrons. The number of aryl methyl sites for hydroxylation is 1. The third kappa shape index (κ3) is 3.47. The van der Waals surface area contributed by atoms with E-state index in [1.807, 2.05) is 6.92 Å². The van der Waals surface area contributed by atoms with Gasteiger partial charge in [-0.1, -0.05) is 12.1 Å². The number of benzene rings is 1. The lowest BCUT2D eigenvalue weighted by Crippen LogP contribution is -2.36. The molecule has 2 N–H and O–H groups in total. The predicted octanol–water partition coefficient (Wildman–Crippen LogP) is 2.58. The Morgan fingerprint density at radius 2 is 2.06 bits per heavy atom. The van der Waals surface area contributed by atoms with Gasteiger partial charge < -0.3 is 10.5 Å². The molecule has 0 aliphatic carbocycles. The fourth-order valence-corrected chi connectivity index (χ4v) is 2.52. The fraction of sp³-hybridized carbons (Fsp3) is 0.600. The minimum Gasteiger partial charge on any atom is -0.399 e. The first-order valence-electron chi connectivity index (χ1n) is 6.88. The average molecular weight is 248 g/mol. The van der Waals surface area contributed by atoms with Crippen LogP contribution in [-0.4, -0.2) is 30.7 Å². The van der Waals surface area contributed by atoms with E-state index in [-0.39, 0.29) is 0 Å². The van der Waals surface area contributed by atoms with Gasteiger partial charge in [-0.3, -0.25) is 4.90 Å². The van der Waals surface area contributed by atoms with Gasteiger partial charge in [0.15, 0.2) is 0 Å². The van der Waals surface area contributed by atoms with Gasteiger partial charge >= 0.3 is 0 Å². The second-order valence-corrected chi connectivity index (χ2v) is 5.12. The summed E-state index contributed by atoms with van der Waals surface area (Å²) in [6.45, 7) is 8.20. The minimum absolute atomic E-state index is 0.467. The molecule has 0 aromatic heterocycles. The van der Waals surface area contributed by atoms with E-state index in [9.17, 15) is 0 Å². The van der Waals surface area contributed by atoms with E-state index < -0.39 is 0 Å². The van der Waals surface area contributed by atoms with Crippen LogP contribution < -0.4 is 5.73 Å². The van der Waals surface area contributed by atoms with Gasteiger partial charge in [-0.05, 0) is 43.9 Å². The van der Waals surface area contributed by atoms with Crippen LogP contribution in [-0.2, 0) is 11.3 Å². The van der Waals surface area contributed by atoms with Gasteiger partial charge in [0.2, 0.25) is 0 Å². The van der Waals surface area contributed by atoms with E-state index in [2.05, 4.69) is 30.0 Å². The molecule has 0 bridgehead atoms. The quantitative estimate of drug-likeness (QED) is 0.832. The van der Waals surface area contributed by atoms with Crippen LogP contribution in [0.2, 0.25) is 0 Å². The molecule has 0 amide bonds. The smallest absolute Gasteiger partial charge is 0.0599 e. The monoisotopic (exact) mass is 248 g/mol. The second-order valence-electron chi connectivity index (χ2n) is 5.12. The van der Waals surface area contributed by atoms with Crippen molar-refractivity contribution in [2.75, 3.05) is 25.4 Å². The lowest BCUT2D eigenvalue weighted by atomic mass is 10.1. The van der Waals surface area contributed by atoms with Gasteiger partial charge in [-0.15, -0.1) is 0 Å². The molecule has 0 saturated carbocycles. The largest absolute Gasteiger partial charge is 0.399 e. The van der Waals surface area contributed by atoms with Gasteiger partial charge in [0, 0.05) is 31.9 Å². The zero-order chi connectivity index (χ0) is 13.0. The Hall–Kier alpha value is -1.06. The van der Waals surface area contributed by atoms with Crippen molar-refractivity contribution in [3.8, 4) is 0 Å². The van der Waals surface area contributed by atoms with Crippen molar-refractivity contribution in [3.05, 3.63) is 29.3 Å². The summed E-state index contributed by atoms with van der Waals surface area (Å²) >= 11 is 0. The molecule has 3 nitrogen and oxygen atoms in total. The van der Waals surface area contributed by atoms with Crippen LogP contribution in [0.5, 0.6) is 0 Å². The molecule has 1 fully saturated rings. The number of rotatable bonds is 4. The third-order valence-corrected chi connectivity index (χ3v) is 3.69. The van der Waals surface area contributed by atoms with E-state index in [1.165, 1.54) is 5.56 Å². The number of ether oxygens (including phenoxy) is 1. The fourth-order valence-electron chi connectivity index (χ4n) is 2.52. The number of hydrogen-bond acceptors (Lipinski definition) is 3. The van der Waals surface area contributed by atoms with Gasteiger partial charge in [0.25, 0.3) is 0 Å². The molecule has 1 saturated heterocycles. The molecular weight excluding hydrogens is 224 g/mol. The first-order chi connectivity index (χ1) is 8.69. The molecule has 0 radical (unpaired) electrons. The van der Waals surface area contributed by atoms with E-state index in [1.54, 1.807) is 0 Å². The summed E-state index contributed by atoms with van der Waals surface area (Å²) in [5, 5.41) is 0. The molecule has 18 heavy (non-hydrogen) atoms. The van der Waals surface area contributed by atoms with Crippen LogP contribution in [0, 0.1) is 6.92 Å². The Morgan fingerprint density at radius 3 is 2.67 bits per heavy atom. The summed E-state index contributed by atoms with van der Waals surface area (Å²) < 4.78 is 5.67.